The highest BCUT2D eigenvalue weighted by atomic mass is 16.5. The molecule has 0 radical (unpaired) electrons. The second kappa shape index (κ2) is 9.22. The molecule has 0 saturated carbocycles. The minimum Gasteiger partial charge on any atom is -0.493 e. The molecular formula is C21H28O5. The highest BCUT2D eigenvalue weighted by molar-refractivity contribution is 5.59. The van der Waals surface area contributed by atoms with Crippen LogP contribution in [0.15, 0.2) is 30.3 Å². The molecule has 0 aliphatic heterocycles. The van der Waals surface area contributed by atoms with Crippen molar-refractivity contribution in [2.75, 3.05) is 35.5 Å². The lowest BCUT2D eigenvalue weighted by molar-refractivity contribution is 0.321. The van der Waals surface area contributed by atoms with Gasteiger partial charge in [-0.25, -0.2) is 0 Å². The maximum Gasteiger partial charge on any atom is 0.203 e. The average Bonchev–Trinajstić information content (AvgIpc) is 2.70. The van der Waals surface area contributed by atoms with Crippen LogP contribution in [-0.2, 0) is 0 Å². The van der Waals surface area contributed by atoms with Crippen LogP contribution in [0.3, 0.4) is 0 Å². The van der Waals surface area contributed by atoms with Crippen molar-refractivity contribution in [3.8, 4) is 28.7 Å². The number of hydrogen-bond donors (Lipinski definition) is 0. The predicted molar refractivity (Wildman–Crippen MR) is 102 cm³/mol. The van der Waals surface area contributed by atoms with Gasteiger partial charge in [0.2, 0.25) is 5.75 Å². The van der Waals surface area contributed by atoms with Gasteiger partial charge in [0, 0.05) is 11.5 Å². The first-order valence-corrected chi connectivity index (χ1v) is 8.65. The SMILES string of the molecule is CCCC(c1ccc(OC)c(OC)c1)c1ccc(OC)c(OC)c1OC. The third kappa shape index (κ3) is 3.82. The van der Waals surface area contributed by atoms with Crippen LogP contribution < -0.4 is 23.7 Å². The third-order valence-corrected chi connectivity index (χ3v) is 4.50. The Morgan fingerprint density at radius 1 is 0.692 bits per heavy atom. The number of benzene rings is 2. The summed E-state index contributed by atoms with van der Waals surface area (Å²) in [5.41, 5.74) is 2.19. The van der Waals surface area contributed by atoms with Crippen molar-refractivity contribution >= 4 is 0 Å². The molecule has 1 unspecified atom stereocenters. The van der Waals surface area contributed by atoms with Crippen LogP contribution in [0.5, 0.6) is 28.7 Å². The monoisotopic (exact) mass is 360 g/mol. The molecule has 0 fully saturated rings. The van der Waals surface area contributed by atoms with E-state index in [1.165, 1.54) is 0 Å². The number of ether oxygens (including phenoxy) is 5. The van der Waals surface area contributed by atoms with Gasteiger partial charge in [-0.15, -0.1) is 0 Å². The van der Waals surface area contributed by atoms with E-state index in [0.29, 0.717) is 28.7 Å². The second-order valence-electron chi connectivity index (χ2n) is 5.88. The smallest absolute Gasteiger partial charge is 0.203 e. The van der Waals surface area contributed by atoms with Gasteiger partial charge in [0.05, 0.1) is 35.5 Å². The molecule has 0 saturated heterocycles. The molecule has 2 aromatic rings. The van der Waals surface area contributed by atoms with Crippen molar-refractivity contribution in [1.82, 2.24) is 0 Å². The Balaban J connectivity index is 2.61. The van der Waals surface area contributed by atoms with Crippen molar-refractivity contribution in [2.24, 2.45) is 0 Å². The van der Waals surface area contributed by atoms with E-state index in [9.17, 15) is 0 Å². The van der Waals surface area contributed by atoms with Crippen molar-refractivity contribution in [3.63, 3.8) is 0 Å². The van der Waals surface area contributed by atoms with Gasteiger partial charge in [0.15, 0.2) is 23.0 Å². The molecule has 0 spiro atoms. The molecule has 5 nitrogen and oxygen atoms in total. The van der Waals surface area contributed by atoms with Crippen LogP contribution in [0, 0.1) is 0 Å². The summed E-state index contributed by atoms with van der Waals surface area (Å²) < 4.78 is 27.5. The lowest BCUT2D eigenvalue weighted by atomic mass is 9.86. The molecule has 0 bridgehead atoms. The van der Waals surface area contributed by atoms with Crippen LogP contribution in [0.1, 0.15) is 36.8 Å². The lowest BCUT2D eigenvalue weighted by Crippen LogP contribution is -2.06. The molecule has 2 aromatic carbocycles. The van der Waals surface area contributed by atoms with Gasteiger partial charge in [0.1, 0.15) is 0 Å². The van der Waals surface area contributed by atoms with Crippen molar-refractivity contribution in [1.29, 1.82) is 0 Å². The zero-order valence-corrected chi connectivity index (χ0v) is 16.4. The molecule has 0 heterocycles. The van der Waals surface area contributed by atoms with Crippen LogP contribution in [-0.4, -0.2) is 35.5 Å². The van der Waals surface area contributed by atoms with Crippen LogP contribution in [0.2, 0.25) is 0 Å². The topological polar surface area (TPSA) is 46.2 Å². The van der Waals surface area contributed by atoms with Gasteiger partial charge < -0.3 is 23.7 Å². The maximum atomic E-state index is 5.70. The first-order chi connectivity index (χ1) is 12.6. The zero-order chi connectivity index (χ0) is 19.1. The fraction of sp³-hybridized carbons (Fsp3) is 0.429. The quantitative estimate of drug-likeness (QED) is 0.651. The summed E-state index contributed by atoms with van der Waals surface area (Å²) in [6.07, 6.45) is 1.98. The van der Waals surface area contributed by atoms with Gasteiger partial charge in [-0.2, -0.15) is 0 Å². The fourth-order valence-corrected chi connectivity index (χ4v) is 3.26. The van der Waals surface area contributed by atoms with E-state index in [0.717, 1.165) is 24.0 Å². The van der Waals surface area contributed by atoms with Gasteiger partial charge in [-0.05, 0) is 30.2 Å². The predicted octanol–water partition coefficient (Wildman–Crippen LogP) is 4.66. The summed E-state index contributed by atoms with van der Waals surface area (Å²) in [5.74, 6) is 3.51. The Morgan fingerprint density at radius 2 is 1.31 bits per heavy atom. The maximum absolute atomic E-state index is 5.70. The molecule has 0 amide bonds. The first-order valence-electron chi connectivity index (χ1n) is 8.65. The summed E-state index contributed by atoms with van der Waals surface area (Å²) in [4.78, 5) is 0. The summed E-state index contributed by atoms with van der Waals surface area (Å²) >= 11 is 0. The highest BCUT2D eigenvalue weighted by Crippen LogP contribution is 2.46. The third-order valence-electron chi connectivity index (χ3n) is 4.50. The van der Waals surface area contributed by atoms with E-state index in [1.807, 2.05) is 24.3 Å². The largest absolute Gasteiger partial charge is 0.493 e. The lowest BCUT2D eigenvalue weighted by Gasteiger charge is -2.23. The Kier molecular flexibility index (Phi) is 7.01. The second-order valence-corrected chi connectivity index (χ2v) is 5.88. The molecule has 0 aliphatic rings. The highest BCUT2D eigenvalue weighted by Gasteiger charge is 2.24. The van der Waals surface area contributed by atoms with Gasteiger partial charge in [-0.1, -0.05) is 25.5 Å². The van der Waals surface area contributed by atoms with Crippen LogP contribution in [0.25, 0.3) is 0 Å². The minimum atomic E-state index is 0.134. The van der Waals surface area contributed by atoms with Gasteiger partial charge in [-0.3, -0.25) is 0 Å². The summed E-state index contributed by atoms with van der Waals surface area (Å²) in [5, 5.41) is 0. The van der Waals surface area contributed by atoms with Crippen molar-refractivity contribution in [3.05, 3.63) is 41.5 Å². The van der Waals surface area contributed by atoms with E-state index >= 15 is 0 Å². The number of methoxy groups -OCH3 is 5. The molecular weight excluding hydrogens is 332 g/mol. The molecule has 0 aromatic heterocycles. The van der Waals surface area contributed by atoms with E-state index in [1.54, 1.807) is 35.5 Å². The first kappa shape index (κ1) is 19.8. The van der Waals surface area contributed by atoms with Crippen LogP contribution in [0.4, 0.5) is 0 Å². The Morgan fingerprint density at radius 3 is 1.85 bits per heavy atom. The Bertz CT molecular complexity index is 727. The number of hydrogen-bond acceptors (Lipinski definition) is 5. The summed E-state index contributed by atoms with van der Waals surface area (Å²) in [7, 11) is 8.18. The molecule has 142 valence electrons. The standard InChI is InChI=1S/C21H28O5/c1-7-8-15(14-9-11-17(22-2)19(13-14)24-4)16-10-12-18(23-3)21(26-6)20(16)25-5/h9-13,15H,7-8H2,1-6H3. The Labute approximate surface area is 155 Å². The minimum absolute atomic E-state index is 0.134. The Hall–Kier alpha value is -2.56. The average molecular weight is 360 g/mol. The van der Waals surface area contributed by atoms with E-state index in [4.69, 9.17) is 23.7 Å². The van der Waals surface area contributed by atoms with Gasteiger partial charge in [0.25, 0.3) is 0 Å². The van der Waals surface area contributed by atoms with Crippen molar-refractivity contribution < 1.29 is 23.7 Å². The van der Waals surface area contributed by atoms with Crippen molar-refractivity contribution in [2.45, 2.75) is 25.7 Å². The molecule has 1 atom stereocenters. The summed E-state index contributed by atoms with van der Waals surface area (Å²) in [6, 6.07) is 9.98. The molecule has 0 N–H and O–H groups in total. The zero-order valence-electron chi connectivity index (χ0n) is 16.4. The van der Waals surface area contributed by atoms with E-state index in [2.05, 4.69) is 13.0 Å². The molecule has 2 rings (SSSR count). The van der Waals surface area contributed by atoms with E-state index < -0.39 is 0 Å². The molecule has 5 heteroatoms. The molecule has 0 aliphatic carbocycles. The van der Waals surface area contributed by atoms with Crippen LogP contribution >= 0.6 is 0 Å². The van der Waals surface area contributed by atoms with E-state index in [-0.39, 0.29) is 5.92 Å². The normalized spacial score (nSPS) is 11.6. The summed E-state index contributed by atoms with van der Waals surface area (Å²) in [6.45, 7) is 2.17. The molecule has 26 heavy (non-hydrogen) atoms. The fourth-order valence-electron chi connectivity index (χ4n) is 3.26. The van der Waals surface area contributed by atoms with Gasteiger partial charge >= 0.3 is 0 Å². The number of rotatable bonds is 9.